The lowest BCUT2D eigenvalue weighted by Crippen LogP contribution is -2.31. The Morgan fingerprint density at radius 2 is 1.27 bits per heavy atom. The number of alkyl halides is 6. The molecule has 18 nitrogen and oxygen atoms in total. The van der Waals surface area contributed by atoms with Crippen molar-refractivity contribution in [1.82, 2.24) is 34.6 Å². The number of thiocarbonyl (C=S) groups is 1. The average Bonchev–Trinajstić information content (AvgIpc) is 3.73. The van der Waals surface area contributed by atoms with Gasteiger partial charge in [0.1, 0.15) is 23.3 Å². The quantitative estimate of drug-likeness (QED) is 0.0366. The highest BCUT2D eigenvalue weighted by molar-refractivity contribution is 7.80. The zero-order chi connectivity index (χ0) is 52.4. The van der Waals surface area contributed by atoms with Crippen molar-refractivity contribution in [2.45, 2.75) is 104 Å². The second kappa shape index (κ2) is 23.1. The number of nitrogens with zero attached hydrogens (tertiary/aromatic N) is 6. The third-order valence-corrected chi connectivity index (χ3v) is 9.96. The standard InChI is InChI=1S/C22H25F3N6O3S.C22H27F3N6O3S/c1-11(2)34-12-7-8-26-14(9-12)17-29-19(35-31-17)30-18-16(28-20(32)33-6)15(21(3,4)5)13(10-27-18)22(23,24)25;1-12(9-26)34-14-6-7-27-13(8-14)10-29-19(35)31-18-17(30-20(32)33-5)16(21(2,3)4)15(11-28-18)22(23,24)25/h7-11H,1-6H3,(H,28,32)(H,27,29,30,31);6-9,11-12,26H,10H2,1-5H3,(H,30,32)(H2,28,29,31,35). The van der Waals surface area contributed by atoms with Crippen molar-refractivity contribution in [2.24, 2.45) is 0 Å². The molecule has 0 radical (unpaired) electrons. The molecule has 0 spiro atoms. The number of hydrogen-bond donors (Lipinski definition) is 6. The number of aromatic nitrogens is 6. The Hall–Kier alpha value is -6.96. The lowest BCUT2D eigenvalue weighted by atomic mass is 9.83. The van der Waals surface area contributed by atoms with Crippen LogP contribution in [0.5, 0.6) is 11.5 Å². The van der Waals surface area contributed by atoms with Gasteiger partial charge in [-0.3, -0.25) is 20.6 Å². The summed E-state index contributed by atoms with van der Waals surface area (Å²) >= 11 is 6.24. The summed E-state index contributed by atoms with van der Waals surface area (Å²) in [5.41, 5.74) is -3.66. The molecule has 0 bridgehead atoms. The van der Waals surface area contributed by atoms with E-state index in [-0.39, 0.29) is 62.9 Å². The Balaban J connectivity index is 0.000000305. The number of ether oxygens (including phenoxy) is 4. The number of hydrogen-bond acceptors (Lipinski definition) is 16. The molecule has 6 N–H and O–H groups in total. The van der Waals surface area contributed by atoms with E-state index in [2.05, 4.69) is 65.4 Å². The molecule has 378 valence electrons. The predicted molar refractivity (Wildman–Crippen MR) is 256 cm³/mol. The van der Waals surface area contributed by atoms with Gasteiger partial charge in [0, 0.05) is 54.7 Å². The summed E-state index contributed by atoms with van der Waals surface area (Å²) in [4.78, 5) is 44.6. The van der Waals surface area contributed by atoms with E-state index in [9.17, 15) is 35.9 Å². The highest BCUT2D eigenvalue weighted by Crippen LogP contribution is 2.45. The van der Waals surface area contributed by atoms with E-state index in [1.807, 2.05) is 13.8 Å². The largest absolute Gasteiger partial charge is 0.491 e. The maximum atomic E-state index is 13.8. The summed E-state index contributed by atoms with van der Waals surface area (Å²) < 4.78 is 107. The molecule has 0 aliphatic carbocycles. The molecule has 0 fully saturated rings. The first-order valence-electron chi connectivity index (χ1n) is 20.9. The van der Waals surface area contributed by atoms with E-state index in [1.54, 1.807) is 78.9 Å². The van der Waals surface area contributed by atoms with Crippen molar-refractivity contribution in [3.05, 3.63) is 77.0 Å². The van der Waals surface area contributed by atoms with Gasteiger partial charge in [0.2, 0.25) is 5.13 Å². The molecule has 70 heavy (non-hydrogen) atoms. The van der Waals surface area contributed by atoms with Gasteiger partial charge in [-0.2, -0.15) is 35.7 Å². The fourth-order valence-electron chi connectivity index (χ4n) is 6.31. The van der Waals surface area contributed by atoms with Crippen LogP contribution >= 0.6 is 23.8 Å². The molecule has 0 aromatic carbocycles. The molecule has 26 heteroatoms. The van der Waals surface area contributed by atoms with Gasteiger partial charge < -0.3 is 40.3 Å². The summed E-state index contributed by atoms with van der Waals surface area (Å²) in [6.07, 6.45) is -6.07. The minimum absolute atomic E-state index is 0.0330. The number of methoxy groups -OCH3 is 2. The van der Waals surface area contributed by atoms with Crippen LogP contribution in [0.2, 0.25) is 0 Å². The monoisotopic (exact) mass is 1020 g/mol. The van der Waals surface area contributed by atoms with Crippen molar-refractivity contribution in [2.75, 3.05) is 35.5 Å². The summed E-state index contributed by atoms with van der Waals surface area (Å²) in [5, 5.41) is 20.7. The fourth-order valence-corrected chi connectivity index (χ4v) is 7.05. The Bertz CT molecular complexity index is 2650. The molecule has 0 saturated heterocycles. The van der Waals surface area contributed by atoms with Crippen LogP contribution in [0.15, 0.2) is 49.1 Å². The Morgan fingerprint density at radius 1 is 0.757 bits per heavy atom. The molecule has 1 unspecified atom stereocenters. The van der Waals surface area contributed by atoms with Crippen molar-refractivity contribution in [3.63, 3.8) is 0 Å². The number of carbonyl (C=O) groups excluding carboxylic acids is 2. The van der Waals surface area contributed by atoms with Gasteiger partial charge in [-0.05, 0) is 67.1 Å². The van der Waals surface area contributed by atoms with Crippen LogP contribution in [0.4, 0.5) is 64.1 Å². The van der Waals surface area contributed by atoms with E-state index in [4.69, 9.17) is 27.1 Å². The van der Waals surface area contributed by atoms with Gasteiger partial charge in [0.05, 0.1) is 55.1 Å². The number of rotatable bonds is 13. The number of nitrogens with one attached hydrogen (secondary N) is 6. The second-order valence-corrected chi connectivity index (χ2v) is 18.3. The first-order valence-corrected chi connectivity index (χ1v) is 22.1. The lowest BCUT2D eigenvalue weighted by molar-refractivity contribution is -0.139. The van der Waals surface area contributed by atoms with Gasteiger partial charge in [0.15, 0.2) is 22.6 Å². The molecule has 1 atom stereocenters. The van der Waals surface area contributed by atoms with Gasteiger partial charge >= 0.3 is 24.5 Å². The summed E-state index contributed by atoms with van der Waals surface area (Å²) in [5.74, 6) is 1.27. The van der Waals surface area contributed by atoms with Crippen molar-refractivity contribution >= 4 is 75.4 Å². The minimum atomic E-state index is -4.70. The van der Waals surface area contributed by atoms with E-state index in [0.717, 1.165) is 38.2 Å². The van der Waals surface area contributed by atoms with Crippen LogP contribution < -0.4 is 36.1 Å². The number of amides is 2. The van der Waals surface area contributed by atoms with Crippen molar-refractivity contribution in [3.8, 4) is 23.0 Å². The Kier molecular flexibility index (Phi) is 18.4. The highest BCUT2D eigenvalue weighted by Gasteiger charge is 2.41. The molecule has 5 rings (SSSR count). The molecule has 0 aliphatic rings. The Labute approximate surface area is 408 Å². The fraction of sp³-hybridized carbons (Fsp3) is 0.409. The molecule has 5 aromatic heterocycles. The van der Waals surface area contributed by atoms with Gasteiger partial charge in [-0.25, -0.2) is 19.6 Å². The zero-order valence-electron chi connectivity index (χ0n) is 39.8. The van der Waals surface area contributed by atoms with Gasteiger partial charge in [-0.1, -0.05) is 41.5 Å². The third kappa shape index (κ3) is 15.5. The SMILES string of the molecule is COC(=O)Nc1c(NC(=S)NCc2cc(OC(C)C=N)ccn2)ncc(C(F)(F)F)c1C(C)(C)C.COC(=O)Nc1c(Nc2nc(-c3cc(OC(C)C)ccn3)ns2)ncc(C(F)(F)F)c1C(C)(C)C. The van der Waals surface area contributed by atoms with Crippen LogP contribution in [0.25, 0.3) is 11.5 Å². The zero-order valence-corrected chi connectivity index (χ0v) is 41.4. The molecule has 0 saturated carbocycles. The topological polar surface area (TPSA) is 232 Å². The minimum Gasteiger partial charge on any atom is -0.491 e. The molecule has 2 amide bonds. The van der Waals surface area contributed by atoms with Gasteiger partial charge in [0.25, 0.3) is 0 Å². The highest BCUT2D eigenvalue weighted by atomic mass is 32.1. The van der Waals surface area contributed by atoms with Crippen LogP contribution in [0, 0.1) is 5.41 Å². The summed E-state index contributed by atoms with van der Waals surface area (Å²) in [7, 11) is 2.21. The second-order valence-electron chi connectivity index (χ2n) is 17.1. The van der Waals surface area contributed by atoms with E-state index >= 15 is 0 Å². The van der Waals surface area contributed by atoms with Crippen molar-refractivity contribution in [1.29, 1.82) is 5.41 Å². The first kappa shape index (κ1) is 55.6. The average molecular weight is 1020 g/mol. The summed E-state index contributed by atoms with van der Waals surface area (Å²) in [6, 6.07) is 6.70. The van der Waals surface area contributed by atoms with E-state index in [0.29, 0.717) is 29.1 Å². The lowest BCUT2D eigenvalue weighted by Gasteiger charge is -2.28. The molecular weight excluding hydrogens is 971 g/mol. The van der Waals surface area contributed by atoms with Crippen LogP contribution in [-0.4, -0.2) is 79.2 Å². The smallest absolute Gasteiger partial charge is 0.418 e. The van der Waals surface area contributed by atoms with Gasteiger partial charge in [-0.15, -0.1) is 0 Å². The number of anilines is 5. The maximum absolute atomic E-state index is 13.8. The molecule has 5 heterocycles. The van der Waals surface area contributed by atoms with Crippen LogP contribution in [-0.2, 0) is 39.2 Å². The van der Waals surface area contributed by atoms with E-state index < -0.39 is 52.6 Å². The van der Waals surface area contributed by atoms with E-state index in [1.165, 1.54) is 6.20 Å². The molecule has 5 aromatic rings. The van der Waals surface area contributed by atoms with Crippen LogP contribution in [0.3, 0.4) is 0 Å². The predicted octanol–water partition coefficient (Wildman–Crippen LogP) is 10.9. The number of carbonyl (C=O) groups is 2. The van der Waals surface area contributed by atoms with Crippen molar-refractivity contribution < 1.29 is 54.9 Å². The van der Waals surface area contributed by atoms with Crippen LogP contribution in [0.1, 0.15) is 90.3 Å². The third-order valence-electron chi connectivity index (χ3n) is 9.08. The first-order chi connectivity index (χ1) is 32.5. The number of halogens is 6. The maximum Gasteiger partial charge on any atom is 0.418 e. The molecular formula is C44H52F6N12O6S2. The summed E-state index contributed by atoms with van der Waals surface area (Å²) in [6.45, 7) is 15.2. The number of pyridine rings is 4. The normalized spacial score (nSPS) is 12.1. The Morgan fingerprint density at radius 3 is 1.77 bits per heavy atom. The molecule has 0 aliphatic heterocycles.